The van der Waals surface area contributed by atoms with Gasteiger partial charge in [0, 0.05) is 13.2 Å². The molecule has 0 aromatic carbocycles. The molecular formula is C16H28IN3O. The number of aromatic nitrogens is 2. The summed E-state index contributed by atoms with van der Waals surface area (Å²) in [5.74, 6) is 2.28. The van der Waals surface area contributed by atoms with Crippen molar-refractivity contribution in [2.24, 2.45) is 5.92 Å². The molecular weight excluding hydrogens is 377 g/mol. The lowest BCUT2D eigenvalue weighted by Crippen LogP contribution is -2.29. The van der Waals surface area contributed by atoms with Crippen molar-refractivity contribution < 1.29 is 4.74 Å². The maximum absolute atomic E-state index is 5.94. The zero-order valence-electron chi connectivity index (χ0n) is 14.1. The van der Waals surface area contributed by atoms with E-state index in [4.69, 9.17) is 14.7 Å². The second kappa shape index (κ2) is 8.27. The highest BCUT2D eigenvalue weighted by Gasteiger charge is 2.30. The van der Waals surface area contributed by atoms with Crippen LogP contribution >= 0.6 is 22.6 Å². The molecule has 1 heterocycles. The van der Waals surface area contributed by atoms with Gasteiger partial charge in [0.25, 0.3) is 0 Å². The Morgan fingerprint density at radius 1 is 1.24 bits per heavy atom. The van der Waals surface area contributed by atoms with Crippen molar-refractivity contribution in [2.45, 2.75) is 60.0 Å². The molecule has 5 heteroatoms. The van der Waals surface area contributed by atoms with Gasteiger partial charge in [-0.3, -0.25) is 0 Å². The third-order valence-corrected chi connectivity index (χ3v) is 4.61. The van der Waals surface area contributed by atoms with Crippen LogP contribution in [0.5, 0.6) is 0 Å². The highest BCUT2D eigenvalue weighted by molar-refractivity contribution is 14.1. The largest absolute Gasteiger partial charge is 0.369 e. The standard InChI is InChI=1S/C16H28IN3O/c1-7-16(6,21-9-3)15-19-12(10-11(4)5)13(17)14(20-15)18-8-2/h11H,7-10H2,1-6H3,(H,18,19,20). The van der Waals surface area contributed by atoms with Gasteiger partial charge in [-0.25, -0.2) is 9.97 Å². The first-order valence-corrected chi connectivity index (χ1v) is 8.90. The average Bonchev–Trinajstić information content (AvgIpc) is 2.42. The van der Waals surface area contributed by atoms with Gasteiger partial charge in [0.1, 0.15) is 11.4 Å². The molecule has 120 valence electrons. The monoisotopic (exact) mass is 405 g/mol. The molecule has 1 atom stereocenters. The molecule has 0 amide bonds. The number of hydrogen-bond acceptors (Lipinski definition) is 4. The second-order valence-electron chi connectivity index (χ2n) is 5.80. The predicted molar refractivity (Wildman–Crippen MR) is 96.7 cm³/mol. The van der Waals surface area contributed by atoms with Crippen molar-refractivity contribution in [1.29, 1.82) is 0 Å². The molecule has 0 aliphatic carbocycles. The minimum absolute atomic E-state index is 0.422. The molecule has 1 aromatic rings. The van der Waals surface area contributed by atoms with Crippen LogP contribution in [0, 0.1) is 9.49 Å². The topological polar surface area (TPSA) is 47.0 Å². The van der Waals surface area contributed by atoms with Crippen LogP contribution in [0.15, 0.2) is 0 Å². The van der Waals surface area contributed by atoms with Gasteiger partial charge >= 0.3 is 0 Å². The van der Waals surface area contributed by atoms with Crippen LogP contribution in [0.4, 0.5) is 5.82 Å². The van der Waals surface area contributed by atoms with Crippen molar-refractivity contribution in [3.05, 3.63) is 15.1 Å². The molecule has 0 aliphatic heterocycles. The summed E-state index contributed by atoms with van der Waals surface area (Å²) in [4.78, 5) is 9.57. The number of halogens is 1. The maximum atomic E-state index is 5.94. The van der Waals surface area contributed by atoms with Gasteiger partial charge in [-0.2, -0.15) is 0 Å². The van der Waals surface area contributed by atoms with Gasteiger partial charge in [0.05, 0.1) is 9.26 Å². The van der Waals surface area contributed by atoms with E-state index in [1.165, 1.54) is 0 Å². The number of hydrogen-bond donors (Lipinski definition) is 1. The first kappa shape index (κ1) is 18.6. The van der Waals surface area contributed by atoms with Gasteiger partial charge in [0.2, 0.25) is 0 Å². The Bertz CT molecular complexity index is 465. The van der Waals surface area contributed by atoms with Gasteiger partial charge in [-0.1, -0.05) is 20.8 Å². The number of nitrogens with zero attached hydrogens (tertiary/aromatic N) is 2. The van der Waals surface area contributed by atoms with Crippen molar-refractivity contribution >= 4 is 28.4 Å². The van der Waals surface area contributed by atoms with Crippen molar-refractivity contribution in [3.8, 4) is 0 Å². The summed E-state index contributed by atoms with van der Waals surface area (Å²) in [6, 6.07) is 0. The first-order valence-electron chi connectivity index (χ1n) is 7.82. The van der Waals surface area contributed by atoms with E-state index in [0.29, 0.717) is 12.5 Å². The molecule has 0 bridgehead atoms. The normalized spacial score (nSPS) is 14.3. The van der Waals surface area contributed by atoms with Gasteiger partial charge < -0.3 is 10.1 Å². The van der Waals surface area contributed by atoms with Crippen molar-refractivity contribution in [1.82, 2.24) is 9.97 Å². The summed E-state index contributed by atoms with van der Waals surface area (Å²) in [7, 11) is 0. The minimum atomic E-state index is -0.422. The number of anilines is 1. The minimum Gasteiger partial charge on any atom is -0.369 e. The summed E-state index contributed by atoms with van der Waals surface area (Å²) < 4.78 is 7.07. The molecule has 1 aromatic heterocycles. The Morgan fingerprint density at radius 2 is 1.90 bits per heavy atom. The average molecular weight is 405 g/mol. The van der Waals surface area contributed by atoms with Gasteiger partial charge in [0.15, 0.2) is 5.82 Å². The Labute approximate surface area is 142 Å². The van der Waals surface area contributed by atoms with Crippen LogP contribution in [0.2, 0.25) is 0 Å². The van der Waals surface area contributed by atoms with E-state index < -0.39 is 5.60 Å². The van der Waals surface area contributed by atoms with Gasteiger partial charge in [-0.15, -0.1) is 0 Å². The molecule has 0 fully saturated rings. The molecule has 4 nitrogen and oxygen atoms in total. The molecule has 0 spiro atoms. The fourth-order valence-electron chi connectivity index (χ4n) is 2.18. The molecule has 21 heavy (non-hydrogen) atoms. The van der Waals surface area contributed by atoms with Crippen molar-refractivity contribution in [3.63, 3.8) is 0 Å². The lowest BCUT2D eigenvalue weighted by atomic mass is 10.0. The Balaban J connectivity index is 3.34. The maximum Gasteiger partial charge on any atom is 0.162 e. The molecule has 1 N–H and O–H groups in total. The second-order valence-corrected chi connectivity index (χ2v) is 6.88. The molecule has 1 rings (SSSR count). The predicted octanol–water partition coefficient (Wildman–Crippen LogP) is 4.37. The van der Waals surface area contributed by atoms with Crippen LogP contribution in [-0.4, -0.2) is 23.1 Å². The van der Waals surface area contributed by atoms with E-state index in [1.54, 1.807) is 0 Å². The van der Waals surface area contributed by atoms with Gasteiger partial charge in [-0.05, 0) is 62.1 Å². The van der Waals surface area contributed by atoms with Crippen molar-refractivity contribution in [2.75, 3.05) is 18.5 Å². The first-order chi connectivity index (χ1) is 9.87. The van der Waals surface area contributed by atoms with E-state index in [2.05, 4.69) is 62.5 Å². The lowest BCUT2D eigenvalue weighted by molar-refractivity contribution is -0.0391. The van der Waals surface area contributed by atoms with E-state index in [-0.39, 0.29) is 0 Å². The van der Waals surface area contributed by atoms with Crippen LogP contribution in [0.3, 0.4) is 0 Å². The van der Waals surface area contributed by atoms with E-state index in [1.807, 2.05) is 6.92 Å². The zero-order valence-corrected chi connectivity index (χ0v) is 16.2. The number of nitrogens with one attached hydrogen (secondary N) is 1. The Kier molecular flexibility index (Phi) is 7.33. The highest BCUT2D eigenvalue weighted by Crippen LogP contribution is 2.30. The van der Waals surface area contributed by atoms with E-state index in [9.17, 15) is 0 Å². The SMILES string of the molecule is CCNc1nc(C(C)(CC)OCC)nc(CC(C)C)c1I. The van der Waals surface area contributed by atoms with E-state index in [0.717, 1.165) is 40.3 Å². The van der Waals surface area contributed by atoms with Crippen LogP contribution in [-0.2, 0) is 16.8 Å². The molecule has 0 radical (unpaired) electrons. The third-order valence-electron chi connectivity index (χ3n) is 3.48. The Hall–Kier alpha value is -0.430. The lowest BCUT2D eigenvalue weighted by Gasteiger charge is -2.28. The number of ether oxygens (including phenoxy) is 1. The summed E-state index contributed by atoms with van der Waals surface area (Å²) in [5, 5.41) is 3.35. The molecule has 0 saturated carbocycles. The molecule has 1 unspecified atom stereocenters. The smallest absolute Gasteiger partial charge is 0.162 e. The fourth-order valence-corrected chi connectivity index (χ4v) is 2.83. The fraction of sp³-hybridized carbons (Fsp3) is 0.750. The Morgan fingerprint density at radius 3 is 2.38 bits per heavy atom. The number of rotatable bonds is 8. The highest BCUT2D eigenvalue weighted by atomic mass is 127. The molecule has 0 saturated heterocycles. The van der Waals surface area contributed by atoms with Crippen LogP contribution in [0.25, 0.3) is 0 Å². The van der Waals surface area contributed by atoms with E-state index >= 15 is 0 Å². The summed E-state index contributed by atoms with van der Waals surface area (Å²) in [6.45, 7) is 14.2. The summed E-state index contributed by atoms with van der Waals surface area (Å²) in [6.07, 6.45) is 1.81. The zero-order chi connectivity index (χ0) is 16.0. The summed E-state index contributed by atoms with van der Waals surface area (Å²) >= 11 is 2.35. The van der Waals surface area contributed by atoms with Crippen LogP contribution in [0.1, 0.15) is 59.5 Å². The third kappa shape index (κ3) is 4.77. The van der Waals surface area contributed by atoms with Crippen LogP contribution < -0.4 is 5.32 Å². The quantitative estimate of drug-likeness (QED) is 0.653. The molecule has 0 aliphatic rings. The summed E-state index contributed by atoms with van der Waals surface area (Å²) in [5.41, 5.74) is 0.695.